The molecule has 0 radical (unpaired) electrons. The second-order valence-electron chi connectivity index (χ2n) is 7.77. The van der Waals surface area contributed by atoms with Crippen molar-refractivity contribution in [2.75, 3.05) is 26.2 Å². The standard InChI is InChI=1S/C23H19ClF3NO5/c24-17-3-1-2-15-18(29)11-20(33-21(15)17)16-5-4-14(23(25,26)27)10-19(16)32-9-8-28-7-6-13(12-28)22(30)31/h1-5,10-11,13H,6-9,12H2,(H,30,31). The average Bonchev–Trinajstić information content (AvgIpc) is 3.23. The molecular formula is C23H19ClF3NO5. The van der Waals surface area contributed by atoms with Crippen molar-refractivity contribution in [1.29, 1.82) is 0 Å². The molecule has 1 unspecified atom stereocenters. The van der Waals surface area contributed by atoms with Crippen molar-refractivity contribution in [1.82, 2.24) is 4.90 Å². The van der Waals surface area contributed by atoms with Crippen LogP contribution in [0.3, 0.4) is 0 Å². The van der Waals surface area contributed by atoms with E-state index in [0.29, 0.717) is 26.1 Å². The zero-order valence-electron chi connectivity index (χ0n) is 17.2. The summed E-state index contributed by atoms with van der Waals surface area (Å²) in [4.78, 5) is 25.5. The fourth-order valence-corrected chi connectivity index (χ4v) is 4.03. The van der Waals surface area contributed by atoms with Gasteiger partial charge in [-0.3, -0.25) is 14.5 Å². The highest BCUT2D eigenvalue weighted by Gasteiger charge is 2.32. The third-order valence-corrected chi connectivity index (χ3v) is 5.87. The van der Waals surface area contributed by atoms with Gasteiger partial charge in [0.05, 0.1) is 27.5 Å². The van der Waals surface area contributed by atoms with Crippen LogP contribution in [0.2, 0.25) is 5.02 Å². The Hall–Kier alpha value is -3.04. The molecule has 1 N–H and O–H groups in total. The average molecular weight is 482 g/mol. The Morgan fingerprint density at radius 3 is 2.73 bits per heavy atom. The highest BCUT2D eigenvalue weighted by molar-refractivity contribution is 6.34. The van der Waals surface area contributed by atoms with Crippen molar-refractivity contribution < 1.29 is 32.2 Å². The number of carboxylic acid groups (broad SMARTS) is 1. The van der Waals surface area contributed by atoms with Crippen LogP contribution < -0.4 is 10.2 Å². The number of likely N-dealkylation sites (tertiary alicyclic amines) is 1. The summed E-state index contributed by atoms with van der Waals surface area (Å²) in [6.45, 7) is 1.28. The molecule has 0 saturated carbocycles. The first-order chi connectivity index (χ1) is 15.6. The van der Waals surface area contributed by atoms with Gasteiger partial charge in [-0.2, -0.15) is 13.2 Å². The molecule has 3 aromatic rings. The maximum Gasteiger partial charge on any atom is 0.416 e. The van der Waals surface area contributed by atoms with Gasteiger partial charge in [-0.25, -0.2) is 0 Å². The molecule has 1 saturated heterocycles. The van der Waals surface area contributed by atoms with Gasteiger partial charge in [0.25, 0.3) is 0 Å². The Balaban J connectivity index is 1.65. The number of aliphatic carboxylic acids is 1. The molecule has 1 aromatic heterocycles. The molecule has 4 rings (SSSR count). The zero-order chi connectivity index (χ0) is 23.8. The molecule has 1 atom stereocenters. The topological polar surface area (TPSA) is 80.0 Å². The van der Waals surface area contributed by atoms with Crippen LogP contribution in [0.25, 0.3) is 22.3 Å². The van der Waals surface area contributed by atoms with Gasteiger partial charge in [0.1, 0.15) is 18.1 Å². The van der Waals surface area contributed by atoms with E-state index in [1.54, 1.807) is 18.2 Å². The maximum absolute atomic E-state index is 13.3. The number of halogens is 4. The van der Waals surface area contributed by atoms with Gasteiger partial charge >= 0.3 is 12.1 Å². The lowest BCUT2D eigenvalue weighted by molar-refractivity contribution is -0.141. The normalized spacial score (nSPS) is 16.9. The molecule has 10 heteroatoms. The van der Waals surface area contributed by atoms with Crippen molar-refractivity contribution >= 4 is 28.5 Å². The van der Waals surface area contributed by atoms with Crippen LogP contribution in [0.15, 0.2) is 51.7 Å². The summed E-state index contributed by atoms with van der Waals surface area (Å²) in [6.07, 6.45) is -4.08. The van der Waals surface area contributed by atoms with Crippen LogP contribution in [0.5, 0.6) is 5.75 Å². The summed E-state index contributed by atoms with van der Waals surface area (Å²) in [5.41, 5.74) is -0.998. The Morgan fingerprint density at radius 1 is 1.24 bits per heavy atom. The van der Waals surface area contributed by atoms with Gasteiger partial charge in [0.15, 0.2) is 11.0 Å². The van der Waals surface area contributed by atoms with E-state index in [1.807, 2.05) is 4.90 Å². The van der Waals surface area contributed by atoms with E-state index in [4.69, 9.17) is 25.9 Å². The molecule has 0 amide bonds. The molecule has 0 spiro atoms. The molecule has 1 aliphatic rings. The molecule has 6 nitrogen and oxygen atoms in total. The summed E-state index contributed by atoms with van der Waals surface area (Å²) in [5.74, 6) is -1.42. The fourth-order valence-electron chi connectivity index (χ4n) is 3.82. The van der Waals surface area contributed by atoms with Gasteiger partial charge in [-0.05, 0) is 43.3 Å². The zero-order valence-corrected chi connectivity index (χ0v) is 17.9. The third-order valence-electron chi connectivity index (χ3n) is 5.57. The van der Waals surface area contributed by atoms with Crippen molar-refractivity contribution in [3.8, 4) is 17.1 Å². The Morgan fingerprint density at radius 2 is 2.03 bits per heavy atom. The van der Waals surface area contributed by atoms with Crippen molar-refractivity contribution in [3.05, 3.63) is 63.3 Å². The predicted molar refractivity (Wildman–Crippen MR) is 116 cm³/mol. The van der Waals surface area contributed by atoms with Crippen LogP contribution in [-0.2, 0) is 11.0 Å². The number of fused-ring (bicyclic) bond motifs is 1. The van der Waals surface area contributed by atoms with Crippen molar-refractivity contribution in [3.63, 3.8) is 0 Å². The van der Waals surface area contributed by atoms with E-state index < -0.39 is 29.1 Å². The summed E-state index contributed by atoms with van der Waals surface area (Å²) in [7, 11) is 0. The minimum atomic E-state index is -4.59. The number of hydrogen-bond acceptors (Lipinski definition) is 5. The van der Waals surface area contributed by atoms with E-state index in [-0.39, 0.29) is 39.7 Å². The fraction of sp³-hybridized carbons (Fsp3) is 0.304. The largest absolute Gasteiger partial charge is 0.491 e. The SMILES string of the molecule is O=C(O)C1CCN(CCOc2cc(C(F)(F)F)ccc2-c2cc(=O)c3cccc(Cl)c3o2)C1. The number of benzene rings is 2. The van der Waals surface area contributed by atoms with Crippen LogP contribution in [0.1, 0.15) is 12.0 Å². The molecule has 33 heavy (non-hydrogen) atoms. The lowest BCUT2D eigenvalue weighted by atomic mass is 10.1. The Kier molecular flexibility index (Phi) is 6.36. The lowest BCUT2D eigenvalue weighted by Crippen LogP contribution is -2.27. The minimum absolute atomic E-state index is 0.0245. The molecule has 0 bridgehead atoms. The number of carboxylic acids is 1. The number of carbonyl (C=O) groups is 1. The second kappa shape index (κ2) is 9.07. The van der Waals surface area contributed by atoms with E-state index in [2.05, 4.69) is 0 Å². The highest BCUT2D eigenvalue weighted by atomic mass is 35.5. The number of rotatable bonds is 6. The monoisotopic (exact) mass is 481 g/mol. The van der Waals surface area contributed by atoms with Crippen molar-refractivity contribution in [2.45, 2.75) is 12.6 Å². The minimum Gasteiger partial charge on any atom is -0.491 e. The number of para-hydroxylation sites is 1. The molecule has 174 valence electrons. The van der Waals surface area contributed by atoms with Crippen molar-refractivity contribution in [2.24, 2.45) is 5.92 Å². The van der Waals surface area contributed by atoms with Crippen LogP contribution in [0.4, 0.5) is 13.2 Å². The molecule has 1 fully saturated rings. The third kappa shape index (κ3) is 4.99. The van der Waals surface area contributed by atoms with E-state index in [9.17, 15) is 22.8 Å². The van der Waals surface area contributed by atoms with Gasteiger partial charge in [-0.1, -0.05) is 17.7 Å². The van der Waals surface area contributed by atoms with Crippen LogP contribution in [-0.4, -0.2) is 42.2 Å². The van der Waals surface area contributed by atoms with Crippen LogP contribution >= 0.6 is 11.6 Å². The molecular weight excluding hydrogens is 463 g/mol. The Bertz CT molecular complexity index is 1260. The number of ether oxygens (including phenoxy) is 1. The predicted octanol–water partition coefficient (Wildman–Crippen LogP) is 4.92. The highest BCUT2D eigenvalue weighted by Crippen LogP contribution is 2.38. The second-order valence-corrected chi connectivity index (χ2v) is 8.18. The van der Waals surface area contributed by atoms with Gasteiger partial charge in [0.2, 0.25) is 0 Å². The first-order valence-electron chi connectivity index (χ1n) is 10.2. The summed E-state index contributed by atoms with van der Waals surface area (Å²) < 4.78 is 51.4. The lowest BCUT2D eigenvalue weighted by Gasteiger charge is -2.18. The molecule has 0 aliphatic carbocycles. The number of hydrogen-bond donors (Lipinski definition) is 1. The quantitative estimate of drug-likeness (QED) is 0.538. The summed E-state index contributed by atoms with van der Waals surface area (Å²) >= 11 is 6.14. The van der Waals surface area contributed by atoms with Gasteiger partial charge < -0.3 is 14.3 Å². The first-order valence-corrected chi connectivity index (χ1v) is 10.5. The number of alkyl halides is 3. The smallest absolute Gasteiger partial charge is 0.416 e. The summed E-state index contributed by atoms with van der Waals surface area (Å²) in [5, 5.41) is 9.56. The maximum atomic E-state index is 13.3. The molecule has 2 aromatic carbocycles. The molecule has 2 heterocycles. The van der Waals surface area contributed by atoms with Gasteiger partial charge in [-0.15, -0.1) is 0 Å². The molecule has 1 aliphatic heterocycles. The van der Waals surface area contributed by atoms with Gasteiger partial charge in [0, 0.05) is 19.2 Å². The Labute approximate surface area is 191 Å². The number of nitrogens with zero attached hydrogens (tertiary/aromatic N) is 1. The van der Waals surface area contributed by atoms with E-state index >= 15 is 0 Å². The van der Waals surface area contributed by atoms with E-state index in [1.165, 1.54) is 12.1 Å². The van der Waals surface area contributed by atoms with E-state index in [0.717, 1.165) is 12.1 Å². The summed E-state index contributed by atoms with van der Waals surface area (Å²) in [6, 6.07) is 8.80. The first kappa shape index (κ1) is 23.1. The van der Waals surface area contributed by atoms with Crippen LogP contribution in [0, 0.1) is 5.92 Å².